The first-order chi connectivity index (χ1) is 54.1. The highest BCUT2D eigenvalue weighted by Crippen LogP contribution is 2.48. The van der Waals surface area contributed by atoms with Gasteiger partial charge >= 0.3 is 5.97 Å². The molecule has 0 aromatic heterocycles. The average molecular weight is 1520 g/mol. The van der Waals surface area contributed by atoms with Crippen molar-refractivity contribution >= 4 is 48.3 Å². The van der Waals surface area contributed by atoms with Crippen molar-refractivity contribution in [1.82, 2.24) is 9.80 Å². The summed E-state index contributed by atoms with van der Waals surface area (Å²) in [5, 5.41) is 1.27. The molecule has 15 rings (SSSR count). The Bertz CT molecular complexity index is 4390. The van der Waals surface area contributed by atoms with Crippen LogP contribution in [0.5, 0.6) is 0 Å². The van der Waals surface area contributed by atoms with Crippen molar-refractivity contribution < 1.29 is 90.0 Å². The molecule has 15 atom stereocenters. The molecule has 21 nitrogen and oxygen atoms in total. The summed E-state index contributed by atoms with van der Waals surface area (Å²) < 4.78 is 102. The molecule has 111 heavy (non-hydrogen) atoms. The van der Waals surface area contributed by atoms with Crippen molar-refractivity contribution in [2.75, 3.05) is 26.4 Å². The van der Waals surface area contributed by atoms with Crippen LogP contribution in [0, 0.1) is 0 Å². The highest BCUT2D eigenvalue weighted by Gasteiger charge is 2.65. The molecule has 0 N–H and O–H groups in total. The molecule has 8 aromatic rings. The van der Waals surface area contributed by atoms with Crippen LogP contribution in [0.1, 0.15) is 123 Å². The van der Waals surface area contributed by atoms with Gasteiger partial charge in [-0.05, 0) is 74.8 Å². The number of carbonyl (C=O) groups is 5. The monoisotopic (exact) mass is 1520 g/mol. The molecule has 1 spiro atoms. The molecule has 22 heteroatoms. The topological polar surface area (TPSA) is 221 Å². The number of rotatable bonds is 28. The quantitative estimate of drug-likeness (QED) is 0.0192. The lowest BCUT2D eigenvalue weighted by Crippen LogP contribution is -2.75. The number of hydrogen-bond donors (Lipinski definition) is 0. The third-order valence-electron chi connectivity index (χ3n) is 21.9. The average Bonchev–Trinajstić information content (AvgIpc) is 1.31. The van der Waals surface area contributed by atoms with E-state index < -0.39 is 141 Å². The van der Waals surface area contributed by atoms with Crippen molar-refractivity contribution in [3.8, 4) is 0 Å². The Labute approximate surface area is 647 Å². The van der Waals surface area contributed by atoms with E-state index in [2.05, 4.69) is 51.6 Å². The SMILES string of the molecule is C=CCO[C@@H]1O[C@H](COCc2ccccc2)[C@@H](O[C@@H]2O[C@H](COCc3ccccc3)[C@@H](O[C@@H]3O[C@@H]4COC5(CCCCC5)O[C@H]4[C@H](O[Si](c4ccccc4)(c4ccccc4)C(C)(C)C)[C@@H]3OC(C)=O)[C@H](OCc3ccccc3)[C@H]2N2C(=O)c3ccccc3C2=O)[C@H](OCc2ccccc2)[C@H]1N1C(=O)c2ccccc2C1=O. The van der Waals surface area contributed by atoms with E-state index in [0.29, 0.717) is 18.4 Å². The molecule has 0 radical (unpaired) electrons. The molecule has 6 aliphatic heterocycles. The molecule has 1 aliphatic carbocycles. The Morgan fingerprint density at radius 1 is 0.477 bits per heavy atom. The minimum absolute atomic E-state index is 0.0264. The van der Waals surface area contributed by atoms with Gasteiger partial charge in [-0.3, -0.25) is 33.8 Å². The fourth-order valence-electron chi connectivity index (χ4n) is 16.7. The number of carbonyl (C=O) groups excluding carboxylic acids is 5. The minimum Gasteiger partial charge on any atom is -0.454 e. The molecular formula is C89H94N2O19Si. The van der Waals surface area contributed by atoms with Crippen molar-refractivity contribution in [3.63, 3.8) is 0 Å². The van der Waals surface area contributed by atoms with E-state index >= 15 is 19.2 Å². The Morgan fingerprint density at radius 3 is 1.30 bits per heavy atom. The van der Waals surface area contributed by atoms with E-state index in [-0.39, 0.29) is 75.1 Å². The number of amides is 4. The normalized spacial score (nSPS) is 27.2. The number of fused-ring (bicyclic) bond motifs is 3. The second kappa shape index (κ2) is 34.5. The maximum absolute atomic E-state index is 16.0. The minimum atomic E-state index is -3.67. The van der Waals surface area contributed by atoms with E-state index in [0.717, 1.165) is 56.1 Å². The van der Waals surface area contributed by atoms with Gasteiger partial charge in [0.1, 0.15) is 67.0 Å². The standard InChI is InChI=1S/C89H94N2O19Si/c1-6-50-99-85-72(90-81(93)65-44-26-27-45-66(65)82(90)94)77(100-53-61-36-18-9-19-37-61)74(69(104-85)55-97-51-59-32-14-7-15-33-59)107-86-73(91-83(95)67-46-28-29-47-68(67)84(91)96)78(101-54-62-38-20-10-21-39-62)75(70(105-86)56-98-52-60-34-16-8-17-35-60)108-87-80(103-58(2)92)79(76-71(106-87)57-102-89(109-76)48-30-13-31-49-89)110-111(88(3,4)5,63-40-22-11-23-41-63)64-42-24-12-25-43-64/h6-12,14-29,32-47,69-80,85-87H,1,13,30-31,48-57H2,2-5H3/t69-,70-,71-,72-,73-,74-,75-,76-,77-,78-,79+,80+,85-,86+,87+/m1/s1. The summed E-state index contributed by atoms with van der Waals surface area (Å²) in [6.45, 7) is 11.1. The molecule has 8 aromatic carbocycles. The predicted molar refractivity (Wildman–Crippen MR) is 410 cm³/mol. The van der Waals surface area contributed by atoms with Crippen LogP contribution >= 0.6 is 0 Å². The van der Waals surface area contributed by atoms with Crippen LogP contribution in [-0.2, 0) is 97.2 Å². The summed E-state index contributed by atoms with van der Waals surface area (Å²) in [7, 11) is -3.67. The number of esters is 1. The summed E-state index contributed by atoms with van der Waals surface area (Å²) in [6, 6.07) is 68.1. The number of ether oxygens (including phenoxy) is 13. The first kappa shape index (κ1) is 77.3. The predicted octanol–water partition coefficient (Wildman–Crippen LogP) is 12.0. The molecule has 0 bridgehead atoms. The van der Waals surface area contributed by atoms with Crippen molar-refractivity contribution in [2.24, 2.45) is 0 Å². The van der Waals surface area contributed by atoms with Gasteiger partial charge in [-0.25, -0.2) is 0 Å². The zero-order valence-corrected chi connectivity index (χ0v) is 63.7. The Morgan fingerprint density at radius 2 is 0.874 bits per heavy atom. The third-order valence-corrected chi connectivity index (χ3v) is 26.9. The van der Waals surface area contributed by atoms with Gasteiger partial charge in [-0.15, -0.1) is 6.58 Å². The molecule has 7 aliphatic rings. The summed E-state index contributed by atoms with van der Waals surface area (Å²) in [5.41, 5.74) is 3.53. The molecule has 6 heterocycles. The second-order valence-electron chi connectivity index (χ2n) is 30.2. The van der Waals surface area contributed by atoms with Crippen LogP contribution < -0.4 is 10.4 Å². The van der Waals surface area contributed by atoms with E-state index in [1.54, 1.807) is 48.5 Å². The Kier molecular flexibility index (Phi) is 24.0. The molecule has 0 unspecified atom stereocenters. The van der Waals surface area contributed by atoms with Crippen LogP contribution in [0.2, 0.25) is 5.04 Å². The maximum atomic E-state index is 16.0. The van der Waals surface area contributed by atoms with Gasteiger partial charge in [0.2, 0.25) is 0 Å². The van der Waals surface area contributed by atoms with Crippen LogP contribution in [-0.4, -0.2) is 172 Å². The molecule has 1 saturated carbocycles. The third kappa shape index (κ3) is 16.3. The van der Waals surface area contributed by atoms with Crippen molar-refractivity contribution in [3.05, 3.63) is 288 Å². The Balaban J connectivity index is 0.909. The lowest BCUT2D eigenvalue weighted by Gasteiger charge is -2.56. The van der Waals surface area contributed by atoms with Crippen LogP contribution in [0.3, 0.4) is 0 Å². The van der Waals surface area contributed by atoms with Gasteiger partial charge in [0.15, 0.2) is 30.8 Å². The number of benzene rings is 8. The molecular weight excluding hydrogens is 1430 g/mol. The maximum Gasteiger partial charge on any atom is 0.303 e. The van der Waals surface area contributed by atoms with Crippen molar-refractivity contribution in [1.29, 1.82) is 0 Å². The summed E-state index contributed by atoms with van der Waals surface area (Å²) >= 11 is 0. The highest BCUT2D eigenvalue weighted by atomic mass is 28.4. The van der Waals surface area contributed by atoms with Gasteiger partial charge in [0, 0.05) is 19.8 Å². The smallest absolute Gasteiger partial charge is 0.303 e. The fourth-order valence-corrected chi connectivity index (χ4v) is 21.4. The van der Waals surface area contributed by atoms with Crippen LogP contribution in [0.25, 0.3) is 0 Å². The van der Waals surface area contributed by atoms with E-state index in [1.807, 2.05) is 158 Å². The highest BCUT2D eigenvalue weighted by molar-refractivity contribution is 6.99. The summed E-state index contributed by atoms with van der Waals surface area (Å²) in [4.78, 5) is 79.2. The Hall–Kier alpha value is -9.05. The second-order valence-corrected chi connectivity index (χ2v) is 34.4. The largest absolute Gasteiger partial charge is 0.454 e. The van der Waals surface area contributed by atoms with Crippen LogP contribution in [0.15, 0.2) is 243 Å². The van der Waals surface area contributed by atoms with E-state index in [1.165, 1.54) is 13.0 Å². The zero-order chi connectivity index (χ0) is 76.6. The fraction of sp³-hybridized carbons (Fsp3) is 0.382. The number of hydrogen-bond acceptors (Lipinski definition) is 19. The zero-order valence-electron chi connectivity index (χ0n) is 62.7. The first-order valence-electron chi connectivity index (χ1n) is 38.4. The molecule has 4 saturated heterocycles. The summed E-state index contributed by atoms with van der Waals surface area (Å²) in [5.74, 6) is -4.42. The van der Waals surface area contributed by atoms with Gasteiger partial charge in [-0.1, -0.05) is 240 Å². The lowest BCUT2D eigenvalue weighted by atomic mass is 9.90. The van der Waals surface area contributed by atoms with Crippen LogP contribution in [0.4, 0.5) is 0 Å². The summed E-state index contributed by atoms with van der Waals surface area (Å²) in [6.07, 6.45) is -12.3. The molecule has 4 amide bonds. The number of nitrogens with zero attached hydrogens (tertiary/aromatic N) is 2. The van der Waals surface area contributed by atoms with Gasteiger partial charge in [0.25, 0.3) is 31.9 Å². The molecule has 578 valence electrons. The number of imide groups is 2. The van der Waals surface area contributed by atoms with Gasteiger partial charge in [0.05, 0.1) is 75.1 Å². The van der Waals surface area contributed by atoms with E-state index in [9.17, 15) is 4.79 Å². The van der Waals surface area contributed by atoms with Crippen molar-refractivity contribution in [2.45, 2.75) is 189 Å². The lowest BCUT2D eigenvalue weighted by molar-refractivity contribution is -0.408. The van der Waals surface area contributed by atoms with E-state index in [4.69, 9.17) is 66.0 Å². The van der Waals surface area contributed by atoms with Gasteiger partial charge < -0.3 is 66.0 Å². The molecule has 5 fully saturated rings. The first-order valence-corrected chi connectivity index (χ1v) is 40.3. The van der Waals surface area contributed by atoms with Gasteiger partial charge in [-0.2, -0.15) is 0 Å².